The maximum atomic E-state index is 12.4. The van der Waals surface area contributed by atoms with E-state index in [9.17, 15) is 9.00 Å². The van der Waals surface area contributed by atoms with Gasteiger partial charge >= 0.3 is 0 Å². The van der Waals surface area contributed by atoms with Crippen LogP contribution in [0.1, 0.15) is 16.3 Å². The zero-order chi connectivity index (χ0) is 18.4. The molecule has 8 heteroatoms. The maximum absolute atomic E-state index is 12.4. The molecule has 140 valence electrons. The molecule has 1 aliphatic rings. The maximum Gasteiger partial charge on any atom is 0.287 e. The molecule has 2 aromatic rings. The van der Waals surface area contributed by atoms with Crippen molar-refractivity contribution >= 4 is 28.3 Å². The van der Waals surface area contributed by atoms with Gasteiger partial charge in [0.1, 0.15) is 5.76 Å². The van der Waals surface area contributed by atoms with Crippen LogP contribution < -0.4 is 5.32 Å². The van der Waals surface area contributed by atoms with Crippen LogP contribution in [0.3, 0.4) is 0 Å². The number of carbonyl (C=O) groups is 1. The number of rotatable bonds is 7. The van der Waals surface area contributed by atoms with Crippen LogP contribution in [0, 0.1) is 0 Å². The largest absolute Gasteiger partial charge is 0.455 e. The first-order valence-corrected chi connectivity index (χ1v) is 10.1. The van der Waals surface area contributed by atoms with Gasteiger partial charge in [0.2, 0.25) is 0 Å². The molecular formula is C18H21ClN2O4S. The topological polar surface area (TPSA) is 71.8 Å². The van der Waals surface area contributed by atoms with Crippen LogP contribution in [0.4, 0.5) is 0 Å². The third kappa shape index (κ3) is 5.41. The number of hydrogen-bond donors (Lipinski definition) is 1. The van der Waals surface area contributed by atoms with Crippen molar-refractivity contribution in [3.8, 4) is 0 Å². The molecule has 26 heavy (non-hydrogen) atoms. The van der Waals surface area contributed by atoms with Crippen molar-refractivity contribution in [2.75, 3.05) is 39.4 Å². The van der Waals surface area contributed by atoms with Crippen LogP contribution in [-0.2, 0) is 21.3 Å². The second kappa shape index (κ2) is 9.32. The van der Waals surface area contributed by atoms with E-state index >= 15 is 0 Å². The summed E-state index contributed by atoms with van der Waals surface area (Å²) in [5.74, 6) is 0.659. The third-order valence-electron chi connectivity index (χ3n) is 4.04. The van der Waals surface area contributed by atoms with E-state index < -0.39 is 10.8 Å². The first kappa shape index (κ1) is 19.1. The summed E-state index contributed by atoms with van der Waals surface area (Å²) in [5.41, 5.74) is 0. The number of morpholine rings is 1. The average Bonchev–Trinajstić information content (AvgIpc) is 3.11. The molecule has 3 rings (SSSR count). The van der Waals surface area contributed by atoms with E-state index in [1.165, 1.54) is 0 Å². The fourth-order valence-corrected chi connectivity index (χ4v) is 3.96. The molecule has 0 aliphatic carbocycles. The first-order chi connectivity index (χ1) is 12.6. The van der Waals surface area contributed by atoms with Gasteiger partial charge in [0.25, 0.3) is 5.91 Å². The van der Waals surface area contributed by atoms with Crippen molar-refractivity contribution in [1.29, 1.82) is 0 Å². The molecule has 6 nitrogen and oxygen atoms in total. The molecule has 1 aromatic carbocycles. The van der Waals surface area contributed by atoms with Crippen LogP contribution in [-0.4, -0.2) is 54.4 Å². The third-order valence-corrected chi connectivity index (χ3v) is 5.60. The average molecular weight is 397 g/mol. The Balaban J connectivity index is 1.48. The normalized spacial score (nSPS) is 16.3. The lowest BCUT2D eigenvalue weighted by molar-refractivity contribution is 0.0382. The number of hydrogen-bond acceptors (Lipinski definition) is 5. The fraction of sp³-hybridized carbons (Fsp3) is 0.389. The highest BCUT2D eigenvalue weighted by atomic mass is 35.5. The smallest absolute Gasteiger partial charge is 0.287 e. The van der Waals surface area contributed by atoms with Gasteiger partial charge in [0.05, 0.1) is 29.8 Å². The molecule has 1 saturated heterocycles. The number of halogens is 1. The number of ether oxygens (including phenoxy) is 1. The second-order valence-electron chi connectivity index (χ2n) is 5.92. The Hall–Kier alpha value is -1.67. The fourth-order valence-electron chi connectivity index (χ4n) is 2.64. The molecule has 0 radical (unpaired) electrons. The van der Waals surface area contributed by atoms with Crippen molar-refractivity contribution in [3.05, 3.63) is 52.9 Å². The van der Waals surface area contributed by atoms with E-state index in [0.717, 1.165) is 32.8 Å². The molecule has 1 fully saturated rings. The summed E-state index contributed by atoms with van der Waals surface area (Å²) in [7, 11) is -1.28. The van der Waals surface area contributed by atoms with E-state index in [2.05, 4.69) is 10.2 Å². The summed E-state index contributed by atoms with van der Waals surface area (Å²) in [5, 5.41) is 3.38. The summed E-state index contributed by atoms with van der Waals surface area (Å²) in [4.78, 5) is 15.0. The van der Waals surface area contributed by atoms with Gasteiger partial charge in [0.15, 0.2) is 5.76 Å². The highest BCUT2D eigenvalue weighted by molar-refractivity contribution is 7.84. The Morgan fingerprint density at radius 3 is 2.81 bits per heavy atom. The Bertz CT molecular complexity index is 774. The molecule has 1 N–H and O–H groups in total. The summed E-state index contributed by atoms with van der Waals surface area (Å²) in [6, 6.07) is 10.2. The van der Waals surface area contributed by atoms with Gasteiger partial charge in [0, 0.05) is 36.1 Å². The summed E-state index contributed by atoms with van der Waals surface area (Å²) in [6.45, 7) is 4.56. The van der Waals surface area contributed by atoms with Gasteiger partial charge in [-0.3, -0.25) is 13.9 Å². The van der Waals surface area contributed by atoms with Crippen molar-refractivity contribution < 1.29 is 18.2 Å². The first-order valence-electron chi connectivity index (χ1n) is 8.43. The number of nitrogens with zero attached hydrogens (tertiary/aromatic N) is 1. The van der Waals surface area contributed by atoms with Crippen molar-refractivity contribution in [2.24, 2.45) is 0 Å². The van der Waals surface area contributed by atoms with Crippen LogP contribution in [0.25, 0.3) is 0 Å². The lowest BCUT2D eigenvalue weighted by Crippen LogP contribution is -2.41. The van der Waals surface area contributed by atoms with Gasteiger partial charge in [-0.1, -0.05) is 17.7 Å². The van der Waals surface area contributed by atoms with Crippen LogP contribution in [0.2, 0.25) is 5.02 Å². The van der Waals surface area contributed by atoms with Gasteiger partial charge in [-0.05, 0) is 30.3 Å². The quantitative estimate of drug-likeness (QED) is 0.777. The molecule has 0 unspecified atom stereocenters. The summed E-state index contributed by atoms with van der Waals surface area (Å²) >= 11 is 5.92. The molecule has 1 aliphatic heterocycles. The molecular weight excluding hydrogens is 376 g/mol. The van der Waals surface area contributed by atoms with Gasteiger partial charge in [-0.15, -0.1) is 0 Å². The predicted molar refractivity (Wildman–Crippen MR) is 99.9 cm³/mol. The van der Waals surface area contributed by atoms with E-state index in [4.69, 9.17) is 20.8 Å². The number of benzene rings is 1. The molecule has 1 aromatic heterocycles. The molecule has 2 heterocycles. The minimum Gasteiger partial charge on any atom is -0.455 e. The Labute approximate surface area is 159 Å². The summed E-state index contributed by atoms with van der Waals surface area (Å²) < 4.78 is 23.2. The van der Waals surface area contributed by atoms with Crippen LogP contribution in [0.15, 0.2) is 45.7 Å². The van der Waals surface area contributed by atoms with E-state index in [1.807, 2.05) is 0 Å². The number of nitrogens with one attached hydrogen (secondary N) is 1. The Morgan fingerprint density at radius 2 is 2.04 bits per heavy atom. The Morgan fingerprint density at radius 1 is 1.23 bits per heavy atom. The van der Waals surface area contributed by atoms with E-state index in [-0.39, 0.29) is 17.4 Å². The van der Waals surface area contributed by atoms with Gasteiger partial charge < -0.3 is 14.5 Å². The molecule has 0 bridgehead atoms. The zero-order valence-corrected chi connectivity index (χ0v) is 15.9. The minimum atomic E-state index is -1.28. The van der Waals surface area contributed by atoms with E-state index in [1.54, 1.807) is 36.4 Å². The molecule has 0 saturated carbocycles. The minimum absolute atomic E-state index is 0.196. The number of carbonyl (C=O) groups excluding carboxylic acids is 1. The van der Waals surface area contributed by atoms with Gasteiger partial charge in [-0.2, -0.15) is 0 Å². The predicted octanol–water partition coefficient (Wildman–Crippen LogP) is 2.30. The molecule has 0 spiro atoms. The van der Waals surface area contributed by atoms with Crippen molar-refractivity contribution in [2.45, 2.75) is 10.6 Å². The van der Waals surface area contributed by atoms with E-state index in [0.29, 0.717) is 22.2 Å². The van der Waals surface area contributed by atoms with Crippen LogP contribution >= 0.6 is 11.6 Å². The second-order valence-corrected chi connectivity index (χ2v) is 7.81. The summed E-state index contributed by atoms with van der Waals surface area (Å²) in [6.07, 6.45) is 0. The lowest BCUT2D eigenvalue weighted by Gasteiger charge is -2.26. The molecule has 1 amide bonds. The monoisotopic (exact) mass is 396 g/mol. The standard InChI is InChI=1S/C18H21ClN2O4S/c19-14-2-1-3-16(12-14)26(23)13-15-4-5-17(25-15)18(22)20-6-7-21-8-10-24-11-9-21/h1-5,12H,6-11,13H2,(H,20,22)/t26-/m0/s1. The van der Waals surface area contributed by atoms with Crippen LogP contribution in [0.5, 0.6) is 0 Å². The van der Waals surface area contributed by atoms with Gasteiger partial charge in [-0.25, -0.2) is 0 Å². The lowest BCUT2D eigenvalue weighted by atomic mass is 10.4. The SMILES string of the molecule is O=C(NCCN1CCOCC1)c1ccc(C[S@](=O)c2cccc(Cl)c2)o1. The number of furan rings is 1. The highest BCUT2D eigenvalue weighted by Crippen LogP contribution is 2.18. The zero-order valence-electron chi connectivity index (χ0n) is 14.3. The van der Waals surface area contributed by atoms with Crippen molar-refractivity contribution in [1.82, 2.24) is 10.2 Å². The highest BCUT2D eigenvalue weighted by Gasteiger charge is 2.15. The molecule has 1 atom stereocenters. The Kier molecular flexibility index (Phi) is 6.85. The van der Waals surface area contributed by atoms with Crippen molar-refractivity contribution in [3.63, 3.8) is 0 Å². The number of amides is 1.